The number of hydrogen-bond acceptors (Lipinski definition) is 5. The molecular weight excluding hydrogens is 378 g/mol. The summed E-state index contributed by atoms with van der Waals surface area (Å²) < 4.78 is 1.49. The minimum atomic E-state index is -0.979. The number of carboxylic acid groups (broad SMARTS) is 1. The van der Waals surface area contributed by atoms with Crippen molar-refractivity contribution in [2.75, 3.05) is 44.0 Å². The first kappa shape index (κ1) is 19.7. The molecule has 0 amide bonds. The van der Waals surface area contributed by atoms with Crippen LogP contribution < -0.4 is 10.7 Å². The first-order chi connectivity index (χ1) is 14.5. The van der Waals surface area contributed by atoms with Gasteiger partial charge in [0.15, 0.2) is 0 Å². The van der Waals surface area contributed by atoms with Gasteiger partial charge in [0.05, 0.1) is 11.4 Å². The second-order valence-corrected chi connectivity index (χ2v) is 7.45. The topological polar surface area (TPSA) is 87.6 Å². The average Bonchev–Trinajstić information content (AvgIpc) is 3.11. The van der Waals surface area contributed by atoms with Gasteiger partial charge in [0, 0.05) is 37.9 Å². The van der Waals surface area contributed by atoms with Crippen molar-refractivity contribution >= 4 is 23.9 Å². The van der Waals surface area contributed by atoms with Crippen molar-refractivity contribution in [2.45, 2.75) is 0 Å². The molecule has 7 nitrogen and oxygen atoms in total. The van der Waals surface area contributed by atoms with Gasteiger partial charge in [-0.2, -0.15) is 0 Å². The number of nitrogen functional groups attached to an aromatic ring is 1. The van der Waals surface area contributed by atoms with E-state index in [-0.39, 0.29) is 5.56 Å². The van der Waals surface area contributed by atoms with E-state index in [1.807, 2.05) is 59.5 Å². The number of anilines is 1. The zero-order valence-corrected chi connectivity index (χ0v) is 16.9. The number of aromatic carboxylic acids is 1. The average molecular weight is 403 g/mol. The number of nitrogens with two attached hydrogens (primary N) is 1. The summed E-state index contributed by atoms with van der Waals surface area (Å²) in [5.74, 6) is 5.98. The highest BCUT2D eigenvalue weighted by atomic mass is 16.4. The van der Waals surface area contributed by atoms with E-state index in [4.69, 9.17) is 5.84 Å². The van der Waals surface area contributed by atoms with Crippen LogP contribution in [-0.2, 0) is 0 Å². The van der Waals surface area contributed by atoms with Crippen LogP contribution in [0.4, 0.5) is 5.82 Å². The maximum Gasteiger partial charge on any atom is 0.339 e. The van der Waals surface area contributed by atoms with Crippen molar-refractivity contribution in [3.63, 3.8) is 0 Å². The molecule has 1 aromatic carbocycles. The molecule has 3 heterocycles. The molecule has 0 radical (unpaired) electrons. The summed E-state index contributed by atoms with van der Waals surface area (Å²) in [5, 5.41) is 9.77. The van der Waals surface area contributed by atoms with Crippen LogP contribution in [0.25, 0.3) is 23.4 Å². The summed E-state index contributed by atoms with van der Waals surface area (Å²) in [7, 11) is 2.06. The van der Waals surface area contributed by atoms with Gasteiger partial charge in [0.2, 0.25) is 0 Å². The van der Waals surface area contributed by atoms with E-state index < -0.39 is 5.97 Å². The Labute approximate surface area is 175 Å². The smallest absolute Gasteiger partial charge is 0.339 e. The standard InChI is InChI=1S/C23H25N5O2/c1-26-11-13-27(14-12-26)22-20(23(29)30)16-21(28(22)24)18-9-10-25-19(15-18)8-7-17-5-3-2-4-6-17/h2-10,15-16H,11-14,24H2,1H3,(H,29,30)/b8-7+. The van der Waals surface area contributed by atoms with Crippen LogP contribution in [0.15, 0.2) is 54.7 Å². The molecule has 1 aliphatic heterocycles. The fraction of sp³-hybridized carbons (Fsp3) is 0.217. The monoisotopic (exact) mass is 403 g/mol. The third kappa shape index (κ3) is 4.06. The highest BCUT2D eigenvalue weighted by Gasteiger charge is 2.26. The Bertz CT molecular complexity index is 1070. The minimum absolute atomic E-state index is 0.218. The van der Waals surface area contributed by atoms with E-state index in [0.29, 0.717) is 11.5 Å². The van der Waals surface area contributed by atoms with Crippen molar-refractivity contribution in [3.05, 3.63) is 71.5 Å². The molecule has 0 saturated carbocycles. The number of hydrogen-bond donors (Lipinski definition) is 2. The zero-order chi connectivity index (χ0) is 21.1. The van der Waals surface area contributed by atoms with Gasteiger partial charge in [0.1, 0.15) is 11.4 Å². The summed E-state index contributed by atoms with van der Waals surface area (Å²) in [6.45, 7) is 3.20. The van der Waals surface area contributed by atoms with Crippen LogP contribution in [0.2, 0.25) is 0 Å². The third-order valence-corrected chi connectivity index (χ3v) is 5.37. The molecule has 0 bridgehead atoms. The molecule has 0 spiro atoms. The van der Waals surface area contributed by atoms with E-state index in [2.05, 4.69) is 16.9 Å². The predicted octanol–water partition coefficient (Wildman–Crippen LogP) is 2.88. The molecule has 3 N–H and O–H groups in total. The van der Waals surface area contributed by atoms with Crippen LogP contribution in [0, 0.1) is 0 Å². The van der Waals surface area contributed by atoms with Gasteiger partial charge in [-0.3, -0.25) is 4.98 Å². The molecule has 2 aromatic heterocycles. The van der Waals surface area contributed by atoms with Gasteiger partial charge < -0.3 is 20.7 Å². The lowest BCUT2D eigenvalue weighted by Gasteiger charge is -2.34. The van der Waals surface area contributed by atoms with E-state index in [1.165, 1.54) is 4.68 Å². The Kier molecular flexibility index (Phi) is 5.54. The number of pyridine rings is 1. The normalized spacial score (nSPS) is 15.0. The van der Waals surface area contributed by atoms with Crippen molar-refractivity contribution < 1.29 is 9.90 Å². The van der Waals surface area contributed by atoms with Crippen molar-refractivity contribution in [1.82, 2.24) is 14.6 Å². The lowest BCUT2D eigenvalue weighted by molar-refractivity contribution is 0.0697. The van der Waals surface area contributed by atoms with Crippen LogP contribution in [0.3, 0.4) is 0 Å². The van der Waals surface area contributed by atoms with Gasteiger partial charge in [-0.05, 0) is 36.9 Å². The number of carboxylic acids is 1. The number of likely N-dealkylation sites (N-methyl/N-ethyl adjacent to an activating group) is 1. The molecule has 3 aromatic rings. The SMILES string of the molecule is CN1CCN(c2c(C(=O)O)cc(-c3ccnc(/C=C/c4ccccc4)c3)n2N)CC1. The molecule has 0 unspecified atom stereocenters. The van der Waals surface area contributed by atoms with Gasteiger partial charge in [-0.1, -0.05) is 36.4 Å². The minimum Gasteiger partial charge on any atom is -0.478 e. The number of aromatic nitrogens is 2. The van der Waals surface area contributed by atoms with Gasteiger partial charge in [-0.15, -0.1) is 0 Å². The van der Waals surface area contributed by atoms with Gasteiger partial charge in [-0.25, -0.2) is 9.47 Å². The summed E-state index contributed by atoms with van der Waals surface area (Å²) in [5.41, 5.74) is 3.55. The van der Waals surface area contributed by atoms with Crippen LogP contribution in [0.5, 0.6) is 0 Å². The molecule has 1 fully saturated rings. The summed E-state index contributed by atoms with van der Waals surface area (Å²) >= 11 is 0. The maximum absolute atomic E-state index is 11.9. The lowest BCUT2D eigenvalue weighted by atomic mass is 10.1. The maximum atomic E-state index is 11.9. The van der Waals surface area contributed by atoms with Crippen LogP contribution in [0.1, 0.15) is 21.6 Å². The molecule has 154 valence electrons. The Hall–Kier alpha value is -3.58. The Morgan fingerprint density at radius 3 is 2.50 bits per heavy atom. The Morgan fingerprint density at radius 2 is 1.80 bits per heavy atom. The highest BCUT2D eigenvalue weighted by molar-refractivity contribution is 5.96. The first-order valence-electron chi connectivity index (χ1n) is 9.90. The molecule has 7 heteroatoms. The number of piperazine rings is 1. The molecule has 4 rings (SSSR count). The summed E-state index contributed by atoms with van der Waals surface area (Å²) in [4.78, 5) is 20.6. The molecular formula is C23H25N5O2. The molecule has 1 saturated heterocycles. The lowest BCUT2D eigenvalue weighted by Crippen LogP contribution is -2.46. The largest absolute Gasteiger partial charge is 0.478 e. The number of rotatable bonds is 5. The third-order valence-electron chi connectivity index (χ3n) is 5.37. The number of nitrogens with zero attached hydrogens (tertiary/aromatic N) is 4. The molecule has 0 atom stereocenters. The number of benzene rings is 1. The highest BCUT2D eigenvalue weighted by Crippen LogP contribution is 2.31. The van der Waals surface area contributed by atoms with E-state index in [1.54, 1.807) is 12.3 Å². The zero-order valence-electron chi connectivity index (χ0n) is 16.9. The Balaban J connectivity index is 1.68. The molecule has 0 aliphatic carbocycles. The van der Waals surface area contributed by atoms with Crippen molar-refractivity contribution in [2.24, 2.45) is 0 Å². The van der Waals surface area contributed by atoms with Crippen molar-refractivity contribution in [1.29, 1.82) is 0 Å². The fourth-order valence-corrected chi connectivity index (χ4v) is 3.68. The van der Waals surface area contributed by atoms with Crippen LogP contribution in [-0.4, -0.2) is 58.9 Å². The molecule has 30 heavy (non-hydrogen) atoms. The second-order valence-electron chi connectivity index (χ2n) is 7.45. The Morgan fingerprint density at radius 1 is 1.07 bits per heavy atom. The molecule has 1 aliphatic rings. The van der Waals surface area contributed by atoms with Gasteiger partial charge in [0.25, 0.3) is 0 Å². The van der Waals surface area contributed by atoms with Crippen LogP contribution >= 0.6 is 0 Å². The van der Waals surface area contributed by atoms with E-state index >= 15 is 0 Å². The second kappa shape index (κ2) is 8.42. The van der Waals surface area contributed by atoms with Crippen molar-refractivity contribution in [3.8, 4) is 11.3 Å². The number of carbonyl (C=O) groups is 1. The summed E-state index contributed by atoms with van der Waals surface area (Å²) in [6, 6.07) is 15.4. The van der Waals surface area contributed by atoms with E-state index in [0.717, 1.165) is 43.0 Å². The quantitative estimate of drug-likeness (QED) is 0.637. The fourth-order valence-electron chi connectivity index (χ4n) is 3.68. The summed E-state index contributed by atoms with van der Waals surface area (Å²) in [6.07, 6.45) is 5.64. The van der Waals surface area contributed by atoms with E-state index in [9.17, 15) is 9.90 Å². The van der Waals surface area contributed by atoms with Gasteiger partial charge >= 0.3 is 5.97 Å². The first-order valence-corrected chi connectivity index (χ1v) is 9.90. The predicted molar refractivity (Wildman–Crippen MR) is 120 cm³/mol.